The van der Waals surface area contributed by atoms with Gasteiger partial charge in [-0.2, -0.15) is 4.68 Å². The maximum atomic E-state index is 12.2. The predicted octanol–water partition coefficient (Wildman–Crippen LogP) is 2.20. The third-order valence-electron chi connectivity index (χ3n) is 4.09. The summed E-state index contributed by atoms with van der Waals surface area (Å²) in [4.78, 5) is 12.2. The molecule has 0 unspecified atom stereocenters. The van der Waals surface area contributed by atoms with Crippen LogP contribution in [0.5, 0.6) is 17.2 Å². The van der Waals surface area contributed by atoms with Crippen molar-refractivity contribution in [3.63, 3.8) is 0 Å². The van der Waals surface area contributed by atoms with Crippen LogP contribution < -0.4 is 19.5 Å². The molecule has 1 amide bonds. The highest BCUT2D eigenvalue weighted by atomic mass is 32.2. The molecule has 0 saturated heterocycles. The van der Waals surface area contributed by atoms with Crippen molar-refractivity contribution in [3.05, 3.63) is 48.0 Å². The average molecular weight is 413 g/mol. The smallest absolute Gasteiger partial charge is 0.231 e. The van der Waals surface area contributed by atoms with Crippen LogP contribution >= 0.6 is 11.8 Å². The number of benzene rings is 2. The molecule has 1 aliphatic rings. The SMILES string of the molecule is CCOc1ccc(-n2nnnc2SCC(=O)NCc2ccc3c(c2)OCO3)cc1. The van der Waals surface area contributed by atoms with Crippen molar-refractivity contribution < 1.29 is 19.0 Å². The van der Waals surface area contributed by atoms with Gasteiger partial charge in [-0.05, 0) is 59.3 Å². The van der Waals surface area contributed by atoms with Gasteiger partial charge in [0.15, 0.2) is 11.5 Å². The minimum atomic E-state index is -0.117. The molecule has 0 spiro atoms. The Morgan fingerprint density at radius 1 is 1.21 bits per heavy atom. The topological polar surface area (TPSA) is 100 Å². The number of carbonyl (C=O) groups is 1. The number of hydrogen-bond acceptors (Lipinski definition) is 8. The molecular weight excluding hydrogens is 394 g/mol. The third-order valence-corrected chi connectivity index (χ3v) is 5.01. The van der Waals surface area contributed by atoms with Crippen molar-refractivity contribution in [2.75, 3.05) is 19.2 Å². The highest BCUT2D eigenvalue weighted by Crippen LogP contribution is 2.32. The van der Waals surface area contributed by atoms with E-state index in [1.807, 2.05) is 49.4 Å². The molecule has 29 heavy (non-hydrogen) atoms. The number of hydrogen-bond donors (Lipinski definition) is 1. The lowest BCUT2D eigenvalue weighted by Gasteiger charge is -2.07. The molecule has 0 bridgehead atoms. The molecule has 2 heterocycles. The zero-order chi connectivity index (χ0) is 20.1. The summed E-state index contributed by atoms with van der Waals surface area (Å²) in [6.07, 6.45) is 0. The van der Waals surface area contributed by atoms with Crippen LogP contribution in [0.3, 0.4) is 0 Å². The monoisotopic (exact) mass is 413 g/mol. The minimum Gasteiger partial charge on any atom is -0.494 e. The normalized spacial score (nSPS) is 12.0. The fraction of sp³-hybridized carbons (Fsp3) is 0.263. The molecule has 1 aromatic heterocycles. The molecule has 150 valence electrons. The molecule has 4 rings (SSSR count). The maximum absolute atomic E-state index is 12.2. The van der Waals surface area contributed by atoms with Crippen molar-refractivity contribution >= 4 is 17.7 Å². The Labute approximate surface area is 171 Å². The van der Waals surface area contributed by atoms with E-state index in [0.29, 0.717) is 24.1 Å². The van der Waals surface area contributed by atoms with Crippen LogP contribution in [0.1, 0.15) is 12.5 Å². The molecule has 0 fully saturated rings. The molecular formula is C19H19N5O4S. The summed E-state index contributed by atoms with van der Waals surface area (Å²) in [5.74, 6) is 2.27. The van der Waals surface area contributed by atoms with Gasteiger partial charge in [-0.15, -0.1) is 5.10 Å². The molecule has 3 aromatic rings. The van der Waals surface area contributed by atoms with E-state index in [4.69, 9.17) is 14.2 Å². The molecule has 2 aromatic carbocycles. The molecule has 0 radical (unpaired) electrons. The lowest BCUT2D eigenvalue weighted by molar-refractivity contribution is -0.118. The number of rotatable bonds is 8. The second kappa shape index (κ2) is 8.82. The van der Waals surface area contributed by atoms with Gasteiger partial charge in [0.1, 0.15) is 5.75 Å². The number of thioether (sulfide) groups is 1. The Morgan fingerprint density at radius 3 is 2.86 bits per heavy atom. The van der Waals surface area contributed by atoms with E-state index in [9.17, 15) is 4.79 Å². The van der Waals surface area contributed by atoms with E-state index >= 15 is 0 Å². The van der Waals surface area contributed by atoms with Crippen LogP contribution in [0.4, 0.5) is 0 Å². The van der Waals surface area contributed by atoms with Crippen LogP contribution in [0.2, 0.25) is 0 Å². The maximum Gasteiger partial charge on any atom is 0.231 e. The first-order valence-electron chi connectivity index (χ1n) is 9.02. The Balaban J connectivity index is 1.31. The van der Waals surface area contributed by atoms with E-state index in [2.05, 4.69) is 20.8 Å². The first kappa shape index (κ1) is 19.1. The predicted molar refractivity (Wildman–Crippen MR) is 105 cm³/mol. The lowest BCUT2D eigenvalue weighted by Crippen LogP contribution is -2.24. The second-order valence-corrected chi connectivity index (χ2v) is 7.00. The summed E-state index contributed by atoms with van der Waals surface area (Å²) < 4.78 is 17.7. The zero-order valence-corrected chi connectivity index (χ0v) is 16.5. The van der Waals surface area contributed by atoms with Gasteiger partial charge in [0, 0.05) is 6.54 Å². The van der Waals surface area contributed by atoms with Crippen molar-refractivity contribution in [2.45, 2.75) is 18.6 Å². The Hall–Kier alpha value is -3.27. The highest BCUT2D eigenvalue weighted by molar-refractivity contribution is 7.99. The van der Waals surface area contributed by atoms with Crippen molar-refractivity contribution in [1.29, 1.82) is 0 Å². The van der Waals surface area contributed by atoms with Crippen LogP contribution in [0.15, 0.2) is 47.6 Å². The number of nitrogens with zero attached hydrogens (tertiary/aromatic N) is 4. The first-order valence-corrected chi connectivity index (χ1v) is 10.0. The van der Waals surface area contributed by atoms with Crippen LogP contribution in [0, 0.1) is 0 Å². The first-order chi connectivity index (χ1) is 14.2. The fourth-order valence-electron chi connectivity index (χ4n) is 2.71. The van der Waals surface area contributed by atoms with Gasteiger partial charge in [0.2, 0.25) is 17.9 Å². The Bertz CT molecular complexity index is 993. The Kier molecular flexibility index (Phi) is 5.80. The van der Waals surface area contributed by atoms with Gasteiger partial charge in [-0.1, -0.05) is 17.8 Å². The van der Waals surface area contributed by atoms with Gasteiger partial charge in [-0.3, -0.25) is 4.79 Å². The van der Waals surface area contributed by atoms with Crippen molar-refractivity contribution in [2.24, 2.45) is 0 Å². The zero-order valence-electron chi connectivity index (χ0n) is 15.7. The molecule has 1 aliphatic heterocycles. The van der Waals surface area contributed by atoms with Crippen LogP contribution in [0.25, 0.3) is 5.69 Å². The fourth-order valence-corrected chi connectivity index (χ4v) is 3.43. The largest absolute Gasteiger partial charge is 0.494 e. The number of amides is 1. The quantitative estimate of drug-likeness (QED) is 0.561. The average Bonchev–Trinajstić information content (AvgIpc) is 3.40. The third kappa shape index (κ3) is 4.60. The molecule has 0 saturated carbocycles. The van der Waals surface area contributed by atoms with E-state index in [0.717, 1.165) is 22.7 Å². The van der Waals surface area contributed by atoms with Crippen molar-refractivity contribution in [1.82, 2.24) is 25.5 Å². The van der Waals surface area contributed by atoms with Crippen LogP contribution in [-0.2, 0) is 11.3 Å². The molecule has 1 N–H and O–H groups in total. The van der Waals surface area contributed by atoms with Gasteiger partial charge in [0.25, 0.3) is 0 Å². The van der Waals surface area contributed by atoms with Gasteiger partial charge >= 0.3 is 0 Å². The second-order valence-electron chi connectivity index (χ2n) is 6.05. The molecule has 0 atom stereocenters. The molecule has 0 aliphatic carbocycles. The minimum absolute atomic E-state index is 0.117. The number of ether oxygens (including phenoxy) is 3. The number of nitrogens with one attached hydrogen (secondary N) is 1. The summed E-state index contributed by atoms with van der Waals surface area (Å²) in [6, 6.07) is 13.0. The summed E-state index contributed by atoms with van der Waals surface area (Å²) in [5.41, 5.74) is 1.73. The van der Waals surface area contributed by atoms with Crippen molar-refractivity contribution in [3.8, 4) is 22.9 Å². The number of fused-ring (bicyclic) bond motifs is 1. The van der Waals surface area contributed by atoms with Crippen LogP contribution in [-0.4, -0.2) is 45.3 Å². The summed E-state index contributed by atoms with van der Waals surface area (Å²) in [7, 11) is 0. The summed E-state index contributed by atoms with van der Waals surface area (Å²) in [5, 5.41) is 15.1. The van der Waals surface area contributed by atoms with Gasteiger partial charge in [0.05, 0.1) is 18.0 Å². The summed E-state index contributed by atoms with van der Waals surface area (Å²) >= 11 is 1.27. The van der Waals surface area contributed by atoms with E-state index in [1.165, 1.54) is 11.8 Å². The van der Waals surface area contributed by atoms with E-state index in [-0.39, 0.29) is 18.5 Å². The number of aromatic nitrogens is 4. The summed E-state index contributed by atoms with van der Waals surface area (Å²) in [6.45, 7) is 3.17. The van der Waals surface area contributed by atoms with E-state index in [1.54, 1.807) is 4.68 Å². The number of carbonyl (C=O) groups excluding carboxylic acids is 1. The molecule has 10 heteroatoms. The highest BCUT2D eigenvalue weighted by Gasteiger charge is 2.14. The lowest BCUT2D eigenvalue weighted by atomic mass is 10.2. The van der Waals surface area contributed by atoms with Gasteiger partial charge in [-0.25, -0.2) is 0 Å². The standard InChI is InChI=1S/C19H19N5O4S/c1-2-26-15-6-4-14(5-7-15)24-19(21-22-23-24)29-11-18(25)20-10-13-3-8-16-17(9-13)28-12-27-16/h3-9H,2,10-12H2,1H3,(H,20,25). The van der Waals surface area contributed by atoms with E-state index < -0.39 is 0 Å². The molecule has 9 nitrogen and oxygen atoms in total. The Morgan fingerprint density at radius 2 is 2.03 bits per heavy atom. The number of tetrazole rings is 1. The van der Waals surface area contributed by atoms with Gasteiger partial charge < -0.3 is 19.5 Å².